The SMILES string of the molecule is CCNC(Cc1cccnc1)c1sc(C)nc1C. The maximum atomic E-state index is 4.52. The molecule has 0 bridgehead atoms. The number of rotatable bonds is 5. The highest BCUT2D eigenvalue weighted by molar-refractivity contribution is 7.11. The van der Waals surface area contributed by atoms with E-state index in [2.05, 4.69) is 42.1 Å². The molecule has 4 heteroatoms. The maximum absolute atomic E-state index is 4.52. The summed E-state index contributed by atoms with van der Waals surface area (Å²) in [5.74, 6) is 0. The maximum Gasteiger partial charge on any atom is 0.0900 e. The molecule has 0 fully saturated rings. The summed E-state index contributed by atoms with van der Waals surface area (Å²) in [6.07, 6.45) is 4.71. The number of pyridine rings is 1. The van der Waals surface area contributed by atoms with E-state index in [1.807, 2.05) is 18.5 Å². The van der Waals surface area contributed by atoms with Gasteiger partial charge in [0.15, 0.2) is 0 Å². The number of aromatic nitrogens is 2. The van der Waals surface area contributed by atoms with Gasteiger partial charge in [0.25, 0.3) is 0 Å². The number of likely N-dealkylation sites (N-methyl/N-ethyl adjacent to an activating group) is 1. The van der Waals surface area contributed by atoms with Crippen molar-refractivity contribution in [3.8, 4) is 0 Å². The zero-order valence-corrected chi connectivity index (χ0v) is 11.9. The van der Waals surface area contributed by atoms with E-state index in [0.717, 1.165) is 23.7 Å². The Bertz CT molecular complexity index is 493. The van der Waals surface area contributed by atoms with Crippen LogP contribution >= 0.6 is 11.3 Å². The van der Waals surface area contributed by atoms with Crippen molar-refractivity contribution >= 4 is 11.3 Å². The van der Waals surface area contributed by atoms with Gasteiger partial charge in [-0.25, -0.2) is 4.98 Å². The highest BCUT2D eigenvalue weighted by Crippen LogP contribution is 2.27. The Morgan fingerprint density at radius 1 is 1.39 bits per heavy atom. The van der Waals surface area contributed by atoms with E-state index < -0.39 is 0 Å². The van der Waals surface area contributed by atoms with Gasteiger partial charge in [-0.2, -0.15) is 0 Å². The minimum Gasteiger partial charge on any atom is -0.309 e. The van der Waals surface area contributed by atoms with Crippen molar-refractivity contribution < 1.29 is 0 Å². The van der Waals surface area contributed by atoms with Gasteiger partial charge in [-0.05, 0) is 38.4 Å². The predicted molar refractivity (Wildman–Crippen MR) is 75.9 cm³/mol. The largest absolute Gasteiger partial charge is 0.309 e. The van der Waals surface area contributed by atoms with Crippen LogP contribution in [0.25, 0.3) is 0 Å². The Kier molecular flexibility index (Phi) is 4.44. The summed E-state index contributed by atoms with van der Waals surface area (Å²) < 4.78 is 0. The van der Waals surface area contributed by atoms with E-state index in [0.29, 0.717) is 6.04 Å². The van der Waals surface area contributed by atoms with Crippen LogP contribution in [0.5, 0.6) is 0 Å². The van der Waals surface area contributed by atoms with Crippen LogP contribution in [-0.4, -0.2) is 16.5 Å². The van der Waals surface area contributed by atoms with Crippen LogP contribution in [0.4, 0.5) is 0 Å². The summed E-state index contributed by atoms with van der Waals surface area (Å²) >= 11 is 1.79. The highest BCUT2D eigenvalue weighted by Gasteiger charge is 2.17. The van der Waals surface area contributed by atoms with Crippen LogP contribution in [0, 0.1) is 13.8 Å². The summed E-state index contributed by atoms with van der Waals surface area (Å²) in [5.41, 5.74) is 2.40. The summed E-state index contributed by atoms with van der Waals surface area (Å²) in [7, 11) is 0. The summed E-state index contributed by atoms with van der Waals surface area (Å²) in [5, 5.41) is 4.68. The lowest BCUT2D eigenvalue weighted by Crippen LogP contribution is -2.22. The van der Waals surface area contributed by atoms with Crippen LogP contribution < -0.4 is 5.32 Å². The van der Waals surface area contributed by atoms with Gasteiger partial charge < -0.3 is 5.32 Å². The molecular formula is C14H19N3S. The monoisotopic (exact) mass is 261 g/mol. The first-order valence-corrected chi connectivity index (χ1v) is 7.08. The Morgan fingerprint density at radius 3 is 2.78 bits per heavy atom. The van der Waals surface area contributed by atoms with Crippen LogP contribution in [0.1, 0.15) is 34.1 Å². The molecule has 1 N–H and O–H groups in total. The molecule has 2 aromatic rings. The zero-order valence-electron chi connectivity index (χ0n) is 11.1. The Balaban J connectivity index is 2.21. The molecule has 1 unspecified atom stereocenters. The molecule has 0 aliphatic rings. The van der Waals surface area contributed by atoms with Gasteiger partial charge in [0.2, 0.25) is 0 Å². The van der Waals surface area contributed by atoms with Gasteiger partial charge in [0.1, 0.15) is 0 Å². The smallest absolute Gasteiger partial charge is 0.0900 e. The molecule has 0 aromatic carbocycles. The summed E-state index contributed by atoms with van der Waals surface area (Å²) in [6, 6.07) is 4.45. The average Bonchev–Trinajstić information content (AvgIpc) is 2.69. The minimum atomic E-state index is 0.338. The third kappa shape index (κ3) is 3.15. The van der Waals surface area contributed by atoms with Gasteiger partial charge in [-0.3, -0.25) is 4.98 Å². The lowest BCUT2D eigenvalue weighted by molar-refractivity contribution is 0.554. The van der Waals surface area contributed by atoms with Crippen LogP contribution in [0.3, 0.4) is 0 Å². The van der Waals surface area contributed by atoms with Gasteiger partial charge in [0.05, 0.1) is 10.7 Å². The highest BCUT2D eigenvalue weighted by atomic mass is 32.1. The molecule has 2 aromatic heterocycles. The third-order valence-electron chi connectivity index (χ3n) is 2.87. The van der Waals surface area contributed by atoms with E-state index in [4.69, 9.17) is 0 Å². The normalized spacial score (nSPS) is 12.6. The number of aryl methyl sites for hydroxylation is 2. The second-order valence-corrected chi connectivity index (χ2v) is 5.59. The molecule has 2 rings (SSSR count). The first-order valence-electron chi connectivity index (χ1n) is 6.27. The van der Waals surface area contributed by atoms with E-state index in [-0.39, 0.29) is 0 Å². The third-order valence-corrected chi connectivity index (χ3v) is 4.06. The number of thiazole rings is 1. The van der Waals surface area contributed by atoms with Crippen LogP contribution in [-0.2, 0) is 6.42 Å². The number of hydrogen-bond donors (Lipinski definition) is 1. The standard InChI is InChI=1S/C14H19N3S/c1-4-16-13(8-12-6-5-7-15-9-12)14-10(2)17-11(3)18-14/h5-7,9,13,16H,4,8H2,1-3H3. The molecular weight excluding hydrogens is 242 g/mol. The molecule has 18 heavy (non-hydrogen) atoms. The quantitative estimate of drug-likeness (QED) is 0.899. The Morgan fingerprint density at radius 2 is 2.22 bits per heavy atom. The lowest BCUT2D eigenvalue weighted by Gasteiger charge is -2.17. The van der Waals surface area contributed by atoms with Crippen LogP contribution in [0.15, 0.2) is 24.5 Å². The van der Waals surface area contributed by atoms with Crippen LogP contribution in [0.2, 0.25) is 0 Å². The topological polar surface area (TPSA) is 37.8 Å². The van der Waals surface area contributed by atoms with Crippen molar-refractivity contribution in [2.24, 2.45) is 0 Å². The molecule has 1 atom stereocenters. The van der Waals surface area contributed by atoms with Crippen molar-refractivity contribution in [1.82, 2.24) is 15.3 Å². The number of hydrogen-bond acceptors (Lipinski definition) is 4. The molecule has 0 spiro atoms. The summed E-state index contributed by atoms with van der Waals surface area (Å²) in [4.78, 5) is 10.0. The van der Waals surface area contributed by atoms with Crippen molar-refractivity contribution in [2.75, 3.05) is 6.54 Å². The van der Waals surface area contributed by atoms with Gasteiger partial charge in [-0.15, -0.1) is 11.3 Å². The van der Waals surface area contributed by atoms with Gasteiger partial charge >= 0.3 is 0 Å². The van der Waals surface area contributed by atoms with Crippen molar-refractivity contribution in [1.29, 1.82) is 0 Å². The van der Waals surface area contributed by atoms with Gasteiger partial charge in [-0.1, -0.05) is 13.0 Å². The fourth-order valence-electron chi connectivity index (χ4n) is 2.13. The van der Waals surface area contributed by atoms with Gasteiger partial charge in [0, 0.05) is 23.3 Å². The molecule has 0 amide bonds. The number of nitrogens with zero attached hydrogens (tertiary/aromatic N) is 2. The first-order chi connectivity index (χ1) is 8.70. The van der Waals surface area contributed by atoms with E-state index in [1.165, 1.54) is 10.4 Å². The molecule has 0 aliphatic carbocycles. The molecule has 3 nitrogen and oxygen atoms in total. The van der Waals surface area contributed by atoms with E-state index in [9.17, 15) is 0 Å². The number of nitrogens with one attached hydrogen (secondary N) is 1. The van der Waals surface area contributed by atoms with E-state index in [1.54, 1.807) is 11.3 Å². The van der Waals surface area contributed by atoms with E-state index >= 15 is 0 Å². The first kappa shape index (κ1) is 13.2. The second-order valence-electron chi connectivity index (χ2n) is 4.36. The molecule has 2 heterocycles. The fraction of sp³-hybridized carbons (Fsp3) is 0.429. The zero-order chi connectivity index (χ0) is 13.0. The molecule has 0 saturated heterocycles. The fourth-order valence-corrected chi connectivity index (χ4v) is 3.13. The van der Waals surface area contributed by atoms with Crippen molar-refractivity contribution in [3.63, 3.8) is 0 Å². The minimum absolute atomic E-state index is 0.338. The van der Waals surface area contributed by atoms with Crippen molar-refractivity contribution in [3.05, 3.63) is 45.7 Å². The molecule has 0 saturated carbocycles. The lowest BCUT2D eigenvalue weighted by atomic mass is 10.1. The predicted octanol–water partition coefficient (Wildman–Crippen LogP) is 3.05. The molecule has 96 valence electrons. The molecule has 0 aliphatic heterocycles. The Labute approximate surface area is 112 Å². The average molecular weight is 261 g/mol. The molecule has 0 radical (unpaired) electrons. The summed E-state index contributed by atoms with van der Waals surface area (Å²) in [6.45, 7) is 7.25. The Hall–Kier alpha value is -1.26. The van der Waals surface area contributed by atoms with Crippen molar-refractivity contribution in [2.45, 2.75) is 33.2 Å². The second kappa shape index (κ2) is 6.07.